The zero-order valence-electron chi connectivity index (χ0n) is 13.2. The summed E-state index contributed by atoms with van der Waals surface area (Å²) in [7, 11) is 0. The van der Waals surface area contributed by atoms with E-state index in [0.717, 1.165) is 24.2 Å². The molecule has 2 heterocycles. The molecule has 1 aliphatic rings. The monoisotopic (exact) mass is 313 g/mol. The van der Waals surface area contributed by atoms with Crippen LogP contribution in [0.3, 0.4) is 0 Å². The number of nitrogens with one attached hydrogen (secondary N) is 1. The van der Waals surface area contributed by atoms with Crippen LogP contribution in [-0.4, -0.2) is 23.3 Å². The molecule has 1 saturated heterocycles. The average molecular weight is 313 g/mol. The molecule has 1 aromatic heterocycles. The third-order valence-corrected chi connectivity index (χ3v) is 4.06. The van der Waals surface area contributed by atoms with Gasteiger partial charge in [-0.2, -0.15) is 0 Å². The zero-order chi connectivity index (χ0) is 16.4. The van der Waals surface area contributed by atoms with Crippen molar-refractivity contribution in [1.29, 1.82) is 0 Å². The maximum Gasteiger partial charge on any atom is 0.273 e. The van der Waals surface area contributed by atoms with E-state index < -0.39 is 0 Å². The number of aryl methyl sites for hydroxylation is 1. The molecular weight excluding hydrogens is 294 g/mol. The van der Waals surface area contributed by atoms with Gasteiger partial charge >= 0.3 is 0 Å². The van der Waals surface area contributed by atoms with Gasteiger partial charge in [-0.3, -0.25) is 9.59 Å². The predicted molar refractivity (Wildman–Crippen MR) is 85.2 cm³/mol. The van der Waals surface area contributed by atoms with E-state index in [1.165, 1.54) is 6.39 Å². The number of anilines is 1. The molecular formula is C17H19N3O3. The van der Waals surface area contributed by atoms with Crippen LogP contribution in [0.5, 0.6) is 0 Å². The lowest BCUT2D eigenvalue weighted by Gasteiger charge is -2.19. The topological polar surface area (TPSA) is 75.4 Å². The van der Waals surface area contributed by atoms with Gasteiger partial charge in [0.2, 0.25) is 5.91 Å². The number of aromatic nitrogens is 1. The van der Waals surface area contributed by atoms with Gasteiger partial charge in [-0.05, 0) is 38.0 Å². The van der Waals surface area contributed by atoms with Crippen LogP contribution in [0.1, 0.15) is 47.6 Å². The van der Waals surface area contributed by atoms with Crippen molar-refractivity contribution in [2.24, 2.45) is 0 Å². The number of rotatable bonds is 4. The van der Waals surface area contributed by atoms with Crippen molar-refractivity contribution < 1.29 is 14.0 Å². The van der Waals surface area contributed by atoms with Gasteiger partial charge < -0.3 is 14.6 Å². The number of carbonyl (C=O) groups is 2. The molecule has 0 spiro atoms. The summed E-state index contributed by atoms with van der Waals surface area (Å²) in [5.74, 6) is 0.370. The summed E-state index contributed by atoms with van der Waals surface area (Å²) in [6, 6.07) is 7.51. The standard InChI is InChI=1S/C17H19N3O3/c1-11(19-17(22)16-12(2)23-10-18-16)13-5-3-6-14(9-13)20-8-4-7-15(20)21/h3,5-6,9-11H,4,7-8H2,1-2H3,(H,19,22)/t11-/m0/s1. The summed E-state index contributed by atoms with van der Waals surface area (Å²) in [5, 5.41) is 2.90. The van der Waals surface area contributed by atoms with Crippen LogP contribution in [0, 0.1) is 6.92 Å². The van der Waals surface area contributed by atoms with Gasteiger partial charge in [0, 0.05) is 18.7 Å². The second-order valence-electron chi connectivity index (χ2n) is 5.70. The first-order valence-corrected chi connectivity index (χ1v) is 7.67. The van der Waals surface area contributed by atoms with E-state index in [0.29, 0.717) is 17.9 Å². The molecule has 2 amide bonds. The number of benzene rings is 1. The van der Waals surface area contributed by atoms with E-state index in [1.807, 2.05) is 31.2 Å². The maximum atomic E-state index is 12.2. The fraction of sp³-hybridized carbons (Fsp3) is 0.353. The van der Waals surface area contributed by atoms with E-state index >= 15 is 0 Å². The van der Waals surface area contributed by atoms with Gasteiger partial charge in [0.15, 0.2) is 12.1 Å². The van der Waals surface area contributed by atoms with Gasteiger partial charge in [0.05, 0.1) is 6.04 Å². The first-order valence-electron chi connectivity index (χ1n) is 7.67. The Morgan fingerprint density at radius 2 is 2.26 bits per heavy atom. The molecule has 2 aromatic rings. The van der Waals surface area contributed by atoms with Gasteiger partial charge in [0.1, 0.15) is 5.76 Å². The second kappa shape index (κ2) is 6.24. The lowest BCUT2D eigenvalue weighted by molar-refractivity contribution is -0.117. The Hall–Kier alpha value is -2.63. The number of hydrogen-bond acceptors (Lipinski definition) is 4. The summed E-state index contributed by atoms with van der Waals surface area (Å²) in [6.45, 7) is 4.35. The largest absolute Gasteiger partial charge is 0.448 e. The summed E-state index contributed by atoms with van der Waals surface area (Å²) >= 11 is 0. The van der Waals surface area contributed by atoms with Crippen molar-refractivity contribution in [3.8, 4) is 0 Å². The van der Waals surface area contributed by atoms with E-state index in [1.54, 1.807) is 11.8 Å². The van der Waals surface area contributed by atoms with E-state index in [4.69, 9.17) is 4.42 Å². The lowest BCUT2D eigenvalue weighted by Crippen LogP contribution is -2.28. The highest BCUT2D eigenvalue weighted by Crippen LogP contribution is 2.25. The number of amides is 2. The van der Waals surface area contributed by atoms with Crippen LogP contribution in [0.15, 0.2) is 35.1 Å². The Bertz CT molecular complexity index is 738. The maximum absolute atomic E-state index is 12.2. The first-order chi connectivity index (χ1) is 11.1. The van der Waals surface area contributed by atoms with Gasteiger partial charge in [0.25, 0.3) is 5.91 Å². The van der Waals surface area contributed by atoms with Crippen molar-refractivity contribution in [2.75, 3.05) is 11.4 Å². The highest BCUT2D eigenvalue weighted by molar-refractivity contribution is 5.95. The minimum atomic E-state index is -0.272. The molecule has 6 heteroatoms. The molecule has 1 aliphatic heterocycles. The fourth-order valence-corrected chi connectivity index (χ4v) is 2.75. The average Bonchev–Trinajstić information content (AvgIpc) is 3.15. The molecule has 6 nitrogen and oxygen atoms in total. The van der Waals surface area contributed by atoms with Gasteiger partial charge in [-0.1, -0.05) is 12.1 Å². The fourth-order valence-electron chi connectivity index (χ4n) is 2.75. The molecule has 0 bridgehead atoms. The Morgan fingerprint density at radius 1 is 1.43 bits per heavy atom. The zero-order valence-corrected chi connectivity index (χ0v) is 13.2. The van der Waals surface area contributed by atoms with Crippen LogP contribution in [0.25, 0.3) is 0 Å². The predicted octanol–water partition coefficient (Wildman–Crippen LogP) is 2.60. The molecule has 1 aromatic carbocycles. The van der Waals surface area contributed by atoms with Crippen molar-refractivity contribution in [3.63, 3.8) is 0 Å². The molecule has 1 N–H and O–H groups in total. The molecule has 23 heavy (non-hydrogen) atoms. The Kier molecular flexibility index (Phi) is 4.14. The molecule has 120 valence electrons. The molecule has 1 fully saturated rings. The minimum Gasteiger partial charge on any atom is -0.448 e. The minimum absolute atomic E-state index is 0.150. The van der Waals surface area contributed by atoms with E-state index in [9.17, 15) is 9.59 Å². The third kappa shape index (κ3) is 3.11. The van der Waals surface area contributed by atoms with E-state index in [-0.39, 0.29) is 17.9 Å². The molecule has 0 aliphatic carbocycles. The van der Waals surface area contributed by atoms with Crippen LogP contribution in [-0.2, 0) is 4.79 Å². The van der Waals surface area contributed by atoms with Crippen molar-refractivity contribution >= 4 is 17.5 Å². The highest BCUT2D eigenvalue weighted by Gasteiger charge is 2.22. The molecule has 3 rings (SSSR count). The summed E-state index contributed by atoms with van der Waals surface area (Å²) < 4.78 is 5.06. The quantitative estimate of drug-likeness (QED) is 0.941. The lowest BCUT2D eigenvalue weighted by atomic mass is 10.1. The normalized spacial score (nSPS) is 15.7. The van der Waals surface area contributed by atoms with Crippen molar-refractivity contribution in [3.05, 3.63) is 47.7 Å². The van der Waals surface area contributed by atoms with Crippen LogP contribution < -0.4 is 10.2 Å². The summed E-state index contributed by atoms with van der Waals surface area (Å²) in [6.07, 6.45) is 2.75. The van der Waals surface area contributed by atoms with Crippen LogP contribution in [0.2, 0.25) is 0 Å². The second-order valence-corrected chi connectivity index (χ2v) is 5.70. The van der Waals surface area contributed by atoms with Gasteiger partial charge in [-0.15, -0.1) is 0 Å². The highest BCUT2D eigenvalue weighted by atomic mass is 16.3. The Morgan fingerprint density at radius 3 is 2.91 bits per heavy atom. The number of hydrogen-bond donors (Lipinski definition) is 1. The van der Waals surface area contributed by atoms with Gasteiger partial charge in [-0.25, -0.2) is 4.98 Å². The summed E-state index contributed by atoms with van der Waals surface area (Å²) in [4.78, 5) is 29.8. The number of carbonyl (C=O) groups excluding carboxylic acids is 2. The van der Waals surface area contributed by atoms with Crippen LogP contribution >= 0.6 is 0 Å². The first kappa shape index (κ1) is 15.3. The Labute approximate surface area is 134 Å². The number of oxazole rings is 1. The smallest absolute Gasteiger partial charge is 0.273 e. The Balaban J connectivity index is 1.75. The SMILES string of the molecule is Cc1ocnc1C(=O)N[C@@H](C)c1cccc(N2CCCC2=O)c1. The van der Waals surface area contributed by atoms with Crippen molar-refractivity contribution in [2.45, 2.75) is 32.7 Å². The van der Waals surface area contributed by atoms with Crippen molar-refractivity contribution in [1.82, 2.24) is 10.3 Å². The summed E-state index contributed by atoms with van der Waals surface area (Å²) in [5.41, 5.74) is 2.11. The van der Waals surface area contributed by atoms with Crippen LogP contribution in [0.4, 0.5) is 5.69 Å². The number of nitrogens with zero attached hydrogens (tertiary/aromatic N) is 2. The third-order valence-electron chi connectivity index (χ3n) is 4.06. The molecule has 0 unspecified atom stereocenters. The van der Waals surface area contributed by atoms with E-state index in [2.05, 4.69) is 10.3 Å². The molecule has 0 saturated carbocycles. The molecule has 1 atom stereocenters. The molecule has 0 radical (unpaired) electrons.